The number of benzene rings is 1. The van der Waals surface area contributed by atoms with Gasteiger partial charge in [0.15, 0.2) is 0 Å². The van der Waals surface area contributed by atoms with Gasteiger partial charge >= 0.3 is 0 Å². The van der Waals surface area contributed by atoms with E-state index in [0.717, 1.165) is 37.2 Å². The number of hydrogen-bond acceptors (Lipinski definition) is 2. The zero-order chi connectivity index (χ0) is 13.1. The second-order valence-electron chi connectivity index (χ2n) is 5.41. The van der Waals surface area contributed by atoms with Crippen LogP contribution >= 0.6 is 0 Å². The number of carbonyl (C=O) groups excluding carboxylic acids is 1. The van der Waals surface area contributed by atoms with Crippen LogP contribution in [0, 0.1) is 19.8 Å². The van der Waals surface area contributed by atoms with Gasteiger partial charge in [-0.1, -0.05) is 17.7 Å². The summed E-state index contributed by atoms with van der Waals surface area (Å²) in [5.74, 6) is 0.290. The van der Waals surface area contributed by atoms with Crippen LogP contribution in [0.25, 0.3) is 0 Å². The lowest BCUT2D eigenvalue weighted by atomic mass is 9.97. The van der Waals surface area contributed by atoms with Crippen LogP contribution < -0.4 is 5.32 Å². The molecule has 1 aliphatic heterocycles. The molecule has 1 aromatic carbocycles. The smallest absolute Gasteiger partial charge is 0.228 e. The second kappa shape index (κ2) is 5.53. The van der Waals surface area contributed by atoms with Crippen LogP contribution in [-0.4, -0.2) is 30.9 Å². The molecular weight excluding hydrogens is 224 g/mol. The summed E-state index contributed by atoms with van der Waals surface area (Å²) < 4.78 is 0. The SMILES string of the molecule is Cc1ccc(NC(=O)[C@@H]2CCCN(C)C2)c(C)c1. The van der Waals surface area contributed by atoms with Crippen molar-refractivity contribution in [2.45, 2.75) is 26.7 Å². The number of carbonyl (C=O) groups is 1. The molecule has 18 heavy (non-hydrogen) atoms. The van der Waals surface area contributed by atoms with E-state index in [0.29, 0.717) is 0 Å². The molecule has 1 amide bonds. The summed E-state index contributed by atoms with van der Waals surface area (Å²) in [6, 6.07) is 6.13. The Balaban J connectivity index is 2.02. The lowest BCUT2D eigenvalue weighted by Gasteiger charge is -2.28. The predicted octanol–water partition coefficient (Wildman–Crippen LogP) is 2.58. The highest BCUT2D eigenvalue weighted by Crippen LogP contribution is 2.20. The topological polar surface area (TPSA) is 32.3 Å². The predicted molar refractivity (Wildman–Crippen MR) is 74.8 cm³/mol. The molecule has 0 saturated carbocycles. The molecule has 0 radical (unpaired) electrons. The van der Waals surface area contributed by atoms with Gasteiger partial charge in [0.05, 0.1) is 5.92 Å². The minimum Gasteiger partial charge on any atom is -0.326 e. The van der Waals surface area contributed by atoms with Crippen LogP contribution in [-0.2, 0) is 4.79 Å². The summed E-state index contributed by atoms with van der Waals surface area (Å²) >= 11 is 0. The fourth-order valence-corrected chi connectivity index (χ4v) is 2.57. The molecule has 0 aromatic heterocycles. The molecule has 1 atom stereocenters. The normalized spacial score (nSPS) is 20.7. The number of piperidine rings is 1. The molecule has 0 unspecified atom stereocenters. The number of nitrogens with zero attached hydrogens (tertiary/aromatic N) is 1. The molecule has 1 saturated heterocycles. The molecular formula is C15H22N2O. The first-order valence-electron chi connectivity index (χ1n) is 6.63. The van der Waals surface area contributed by atoms with E-state index >= 15 is 0 Å². The maximum atomic E-state index is 12.2. The Morgan fingerprint density at radius 3 is 2.83 bits per heavy atom. The minimum atomic E-state index is 0.129. The van der Waals surface area contributed by atoms with Crippen molar-refractivity contribution < 1.29 is 4.79 Å². The molecule has 2 rings (SSSR count). The Hall–Kier alpha value is -1.35. The average molecular weight is 246 g/mol. The number of likely N-dealkylation sites (tertiary alicyclic amines) is 1. The van der Waals surface area contributed by atoms with E-state index < -0.39 is 0 Å². The molecule has 98 valence electrons. The Bertz CT molecular complexity index is 442. The number of aryl methyl sites for hydroxylation is 2. The Morgan fingerprint density at radius 2 is 2.17 bits per heavy atom. The van der Waals surface area contributed by atoms with E-state index in [-0.39, 0.29) is 11.8 Å². The monoisotopic (exact) mass is 246 g/mol. The number of amides is 1. The molecule has 1 aromatic rings. The van der Waals surface area contributed by atoms with E-state index in [9.17, 15) is 4.79 Å². The number of rotatable bonds is 2. The fourth-order valence-electron chi connectivity index (χ4n) is 2.57. The van der Waals surface area contributed by atoms with Crippen molar-refractivity contribution >= 4 is 11.6 Å². The molecule has 1 heterocycles. The number of anilines is 1. The molecule has 0 aliphatic carbocycles. The summed E-state index contributed by atoms with van der Waals surface area (Å²) in [7, 11) is 2.08. The lowest BCUT2D eigenvalue weighted by molar-refractivity contribution is -0.121. The highest BCUT2D eigenvalue weighted by atomic mass is 16.1. The van der Waals surface area contributed by atoms with Crippen LogP contribution in [0.15, 0.2) is 18.2 Å². The van der Waals surface area contributed by atoms with Crippen molar-refractivity contribution in [2.24, 2.45) is 5.92 Å². The quantitative estimate of drug-likeness (QED) is 0.870. The van der Waals surface area contributed by atoms with E-state index in [1.165, 1.54) is 5.56 Å². The molecule has 3 heteroatoms. The van der Waals surface area contributed by atoms with Gasteiger partial charge in [0.25, 0.3) is 0 Å². The lowest BCUT2D eigenvalue weighted by Crippen LogP contribution is -2.38. The first-order chi connectivity index (χ1) is 8.56. The highest BCUT2D eigenvalue weighted by molar-refractivity contribution is 5.93. The third-order valence-electron chi connectivity index (χ3n) is 3.64. The van der Waals surface area contributed by atoms with Crippen LogP contribution in [0.3, 0.4) is 0 Å². The summed E-state index contributed by atoms with van der Waals surface area (Å²) in [5.41, 5.74) is 3.30. The third-order valence-corrected chi connectivity index (χ3v) is 3.64. The highest BCUT2D eigenvalue weighted by Gasteiger charge is 2.24. The maximum Gasteiger partial charge on any atom is 0.228 e. The maximum absolute atomic E-state index is 12.2. The van der Waals surface area contributed by atoms with E-state index in [4.69, 9.17) is 0 Å². The third kappa shape index (κ3) is 3.10. The van der Waals surface area contributed by atoms with Gasteiger partial charge in [-0.25, -0.2) is 0 Å². The molecule has 0 spiro atoms. The molecule has 3 nitrogen and oxygen atoms in total. The van der Waals surface area contributed by atoms with Crippen molar-refractivity contribution in [3.05, 3.63) is 29.3 Å². The Kier molecular flexibility index (Phi) is 4.02. The van der Waals surface area contributed by atoms with Crippen molar-refractivity contribution in [2.75, 3.05) is 25.5 Å². The van der Waals surface area contributed by atoms with Crippen LogP contribution in [0.1, 0.15) is 24.0 Å². The van der Waals surface area contributed by atoms with Crippen LogP contribution in [0.4, 0.5) is 5.69 Å². The molecule has 1 aliphatic rings. The molecule has 1 N–H and O–H groups in total. The van der Waals surface area contributed by atoms with E-state index in [1.807, 2.05) is 19.1 Å². The first-order valence-corrected chi connectivity index (χ1v) is 6.63. The Labute approximate surface area is 109 Å². The van der Waals surface area contributed by atoms with Crippen LogP contribution in [0.5, 0.6) is 0 Å². The fraction of sp³-hybridized carbons (Fsp3) is 0.533. The van der Waals surface area contributed by atoms with Gasteiger partial charge in [-0.3, -0.25) is 4.79 Å². The van der Waals surface area contributed by atoms with Gasteiger partial charge in [0.1, 0.15) is 0 Å². The van der Waals surface area contributed by atoms with E-state index in [1.54, 1.807) is 0 Å². The summed E-state index contributed by atoms with van der Waals surface area (Å²) in [5, 5.41) is 3.06. The number of hydrogen-bond donors (Lipinski definition) is 1. The molecule has 1 fully saturated rings. The van der Waals surface area contributed by atoms with Crippen molar-refractivity contribution in [1.82, 2.24) is 4.90 Å². The standard InChI is InChI=1S/C15H22N2O/c1-11-6-7-14(12(2)9-11)16-15(18)13-5-4-8-17(3)10-13/h6-7,9,13H,4-5,8,10H2,1-3H3,(H,16,18)/t13-/m1/s1. The second-order valence-corrected chi connectivity index (χ2v) is 5.41. The Morgan fingerprint density at radius 1 is 1.39 bits per heavy atom. The average Bonchev–Trinajstić information content (AvgIpc) is 2.32. The van der Waals surface area contributed by atoms with Gasteiger partial charge in [-0.2, -0.15) is 0 Å². The summed E-state index contributed by atoms with van der Waals surface area (Å²) in [6.45, 7) is 6.08. The van der Waals surface area contributed by atoms with Gasteiger partial charge in [-0.05, 0) is 51.9 Å². The van der Waals surface area contributed by atoms with Gasteiger partial charge in [0, 0.05) is 12.2 Å². The molecule has 0 bridgehead atoms. The number of nitrogens with one attached hydrogen (secondary N) is 1. The van der Waals surface area contributed by atoms with Gasteiger partial charge in [-0.15, -0.1) is 0 Å². The van der Waals surface area contributed by atoms with Gasteiger partial charge in [0.2, 0.25) is 5.91 Å². The zero-order valence-electron chi connectivity index (χ0n) is 11.5. The largest absolute Gasteiger partial charge is 0.326 e. The van der Waals surface area contributed by atoms with Gasteiger partial charge < -0.3 is 10.2 Å². The summed E-state index contributed by atoms with van der Waals surface area (Å²) in [4.78, 5) is 14.4. The summed E-state index contributed by atoms with van der Waals surface area (Å²) in [6.07, 6.45) is 2.11. The van der Waals surface area contributed by atoms with Crippen molar-refractivity contribution in [1.29, 1.82) is 0 Å². The van der Waals surface area contributed by atoms with E-state index in [2.05, 4.69) is 30.3 Å². The van der Waals surface area contributed by atoms with Crippen molar-refractivity contribution in [3.8, 4) is 0 Å². The van der Waals surface area contributed by atoms with Crippen LogP contribution in [0.2, 0.25) is 0 Å². The van der Waals surface area contributed by atoms with Crippen molar-refractivity contribution in [3.63, 3.8) is 0 Å². The minimum absolute atomic E-state index is 0.129. The zero-order valence-corrected chi connectivity index (χ0v) is 11.5. The first kappa shape index (κ1) is 13.1.